The van der Waals surface area contributed by atoms with Crippen LogP contribution in [0.1, 0.15) is 32.3 Å². The number of phenols is 2. The Labute approximate surface area is 219 Å². The number of esters is 1. The fourth-order valence-corrected chi connectivity index (χ4v) is 4.04. The van der Waals surface area contributed by atoms with Crippen LogP contribution in [0.2, 0.25) is 0 Å². The summed E-state index contributed by atoms with van der Waals surface area (Å²) in [5.74, 6) is -1.53. The van der Waals surface area contributed by atoms with Crippen LogP contribution in [0.3, 0.4) is 0 Å². The van der Waals surface area contributed by atoms with Gasteiger partial charge < -0.3 is 59.4 Å². The minimum atomic E-state index is -1.99. The lowest BCUT2D eigenvalue weighted by Gasteiger charge is -2.41. The van der Waals surface area contributed by atoms with Gasteiger partial charge in [-0.25, -0.2) is 4.79 Å². The molecule has 2 saturated heterocycles. The van der Waals surface area contributed by atoms with Crippen LogP contribution in [0.4, 0.5) is 0 Å². The Balaban J connectivity index is 1.50. The standard InChI is InChI=1S/C25H36O13/c1-3-4-13(2)37-23-21(31)20(30)19(29)17(38-23)10-34-24-22(32)25(33,12-36-24)11-35-18(28)8-6-14-5-7-15(26)16(27)9-14/h5-9,13,17,19-24,26-27,29-33H,3-4,10-12H2,1-2H3/b8-6+/t13-,17+,19-,20-,21+,22-,23+,24+,25+/m0/s1. The minimum Gasteiger partial charge on any atom is -0.504 e. The molecule has 9 atom stereocenters. The predicted molar refractivity (Wildman–Crippen MR) is 129 cm³/mol. The third-order valence-electron chi connectivity index (χ3n) is 6.34. The molecule has 0 spiro atoms. The zero-order chi connectivity index (χ0) is 28.0. The zero-order valence-corrected chi connectivity index (χ0v) is 21.1. The lowest BCUT2D eigenvalue weighted by Crippen LogP contribution is -2.60. The number of aliphatic hydroxyl groups is 5. The van der Waals surface area contributed by atoms with Gasteiger partial charge in [0.05, 0.1) is 19.3 Å². The van der Waals surface area contributed by atoms with Crippen molar-refractivity contribution in [1.29, 1.82) is 0 Å². The first-order valence-corrected chi connectivity index (χ1v) is 12.3. The molecule has 38 heavy (non-hydrogen) atoms. The molecule has 214 valence electrons. The van der Waals surface area contributed by atoms with Gasteiger partial charge in [-0.2, -0.15) is 0 Å². The topological polar surface area (TPSA) is 205 Å². The molecule has 2 heterocycles. The molecule has 0 bridgehead atoms. The Morgan fingerprint density at radius 3 is 2.55 bits per heavy atom. The van der Waals surface area contributed by atoms with Crippen molar-refractivity contribution < 1.29 is 64.2 Å². The molecule has 2 fully saturated rings. The maximum absolute atomic E-state index is 12.0. The van der Waals surface area contributed by atoms with Crippen LogP contribution in [0.15, 0.2) is 24.3 Å². The lowest BCUT2D eigenvalue weighted by atomic mass is 9.99. The van der Waals surface area contributed by atoms with Gasteiger partial charge >= 0.3 is 5.97 Å². The van der Waals surface area contributed by atoms with Crippen molar-refractivity contribution in [1.82, 2.24) is 0 Å². The summed E-state index contributed by atoms with van der Waals surface area (Å²) in [6, 6.07) is 3.93. The van der Waals surface area contributed by atoms with Gasteiger partial charge in [0.15, 0.2) is 29.7 Å². The van der Waals surface area contributed by atoms with E-state index in [9.17, 15) is 40.5 Å². The van der Waals surface area contributed by atoms with Crippen LogP contribution < -0.4 is 0 Å². The largest absolute Gasteiger partial charge is 0.504 e. The molecule has 0 amide bonds. The van der Waals surface area contributed by atoms with Gasteiger partial charge in [0.2, 0.25) is 0 Å². The molecular weight excluding hydrogens is 508 g/mol. The molecule has 0 saturated carbocycles. The quantitative estimate of drug-likeness (QED) is 0.103. The third-order valence-corrected chi connectivity index (χ3v) is 6.34. The van der Waals surface area contributed by atoms with E-state index >= 15 is 0 Å². The summed E-state index contributed by atoms with van der Waals surface area (Å²) in [4.78, 5) is 12.0. The van der Waals surface area contributed by atoms with E-state index < -0.39 is 67.9 Å². The molecule has 0 radical (unpaired) electrons. The number of ether oxygens (including phenoxy) is 5. The number of carbonyl (C=O) groups excluding carboxylic acids is 1. The molecule has 0 aliphatic carbocycles. The number of benzene rings is 1. The highest BCUT2D eigenvalue weighted by atomic mass is 16.7. The highest BCUT2D eigenvalue weighted by molar-refractivity contribution is 5.87. The summed E-state index contributed by atoms with van der Waals surface area (Å²) in [6.45, 7) is 2.30. The van der Waals surface area contributed by atoms with Crippen molar-refractivity contribution in [2.45, 2.75) is 81.5 Å². The average molecular weight is 545 g/mol. The number of aromatic hydroxyl groups is 2. The maximum Gasteiger partial charge on any atom is 0.330 e. The number of aliphatic hydroxyl groups excluding tert-OH is 4. The van der Waals surface area contributed by atoms with E-state index in [0.717, 1.165) is 12.5 Å². The highest BCUT2D eigenvalue weighted by Gasteiger charge is 2.51. The zero-order valence-electron chi connectivity index (χ0n) is 21.1. The fourth-order valence-electron chi connectivity index (χ4n) is 4.04. The van der Waals surface area contributed by atoms with E-state index in [1.807, 2.05) is 6.92 Å². The molecule has 0 aromatic heterocycles. The van der Waals surface area contributed by atoms with E-state index in [1.165, 1.54) is 24.3 Å². The molecule has 13 heteroatoms. The summed E-state index contributed by atoms with van der Waals surface area (Å²) < 4.78 is 27.0. The monoisotopic (exact) mass is 544 g/mol. The first-order valence-electron chi connectivity index (χ1n) is 12.3. The molecule has 2 aliphatic rings. The number of phenolic OH excluding ortho intramolecular Hbond substituents is 2. The molecular formula is C25H36O13. The molecule has 2 aliphatic heterocycles. The summed E-state index contributed by atoms with van der Waals surface area (Å²) in [5, 5.41) is 70.7. The van der Waals surface area contributed by atoms with Crippen molar-refractivity contribution in [2.75, 3.05) is 19.8 Å². The van der Waals surface area contributed by atoms with Gasteiger partial charge in [-0.15, -0.1) is 0 Å². The molecule has 0 unspecified atom stereocenters. The Morgan fingerprint density at radius 1 is 1.13 bits per heavy atom. The Morgan fingerprint density at radius 2 is 1.87 bits per heavy atom. The predicted octanol–water partition coefficient (Wildman–Crippen LogP) is -0.868. The summed E-state index contributed by atoms with van der Waals surface area (Å²) in [7, 11) is 0. The van der Waals surface area contributed by atoms with Crippen molar-refractivity contribution in [3.8, 4) is 11.5 Å². The van der Waals surface area contributed by atoms with E-state index in [4.69, 9.17) is 23.7 Å². The second kappa shape index (κ2) is 13.2. The van der Waals surface area contributed by atoms with Crippen LogP contribution in [0, 0.1) is 0 Å². The smallest absolute Gasteiger partial charge is 0.330 e. The molecule has 1 aromatic rings. The second-order valence-corrected chi connectivity index (χ2v) is 9.50. The van der Waals surface area contributed by atoms with Crippen LogP contribution >= 0.6 is 0 Å². The van der Waals surface area contributed by atoms with E-state index in [1.54, 1.807) is 6.92 Å². The summed E-state index contributed by atoms with van der Waals surface area (Å²) in [5.41, 5.74) is -1.58. The van der Waals surface area contributed by atoms with Gasteiger partial charge in [-0.05, 0) is 37.1 Å². The first-order chi connectivity index (χ1) is 17.9. The number of hydrogen-bond donors (Lipinski definition) is 7. The van der Waals surface area contributed by atoms with Gasteiger partial charge in [-0.1, -0.05) is 19.4 Å². The number of carbonyl (C=O) groups is 1. The normalized spacial score (nSPS) is 34.4. The second-order valence-electron chi connectivity index (χ2n) is 9.50. The van der Waals surface area contributed by atoms with Gasteiger partial charge in [0, 0.05) is 6.08 Å². The average Bonchev–Trinajstić information content (AvgIpc) is 3.16. The van der Waals surface area contributed by atoms with E-state index in [-0.39, 0.29) is 24.2 Å². The minimum absolute atomic E-state index is 0.274. The van der Waals surface area contributed by atoms with Gasteiger partial charge in [-0.3, -0.25) is 0 Å². The number of hydrogen-bond acceptors (Lipinski definition) is 13. The van der Waals surface area contributed by atoms with Crippen molar-refractivity contribution in [3.63, 3.8) is 0 Å². The van der Waals surface area contributed by atoms with Crippen molar-refractivity contribution >= 4 is 12.0 Å². The van der Waals surface area contributed by atoms with Crippen LogP contribution in [-0.2, 0) is 28.5 Å². The third kappa shape index (κ3) is 7.40. The van der Waals surface area contributed by atoms with Crippen LogP contribution in [0.25, 0.3) is 6.08 Å². The Bertz CT molecular complexity index is 955. The maximum atomic E-state index is 12.0. The molecule has 7 N–H and O–H groups in total. The Hall–Kier alpha value is -2.33. The van der Waals surface area contributed by atoms with Gasteiger partial charge in [0.1, 0.15) is 37.1 Å². The van der Waals surface area contributed by atoms with Gasteiger partial charge in [0.25, 0.3) is 0 Å². The summed E-state index contributed by atoms with van der Waals surface area (Å²) in [6.07, 6.45) is -6.34. The molecule has 1 aromatic carbocycles. The van der Waals surface area contributed by atoms with Crippen LogP contribution in [-0.4, -0.2) is 116 Å². The van der Waals surface area contributed by atoms with E-state index in [0.29, 0.717) is 12.0 Å². The van der Waals surface area contributed by atoms with Crippen molar-refractivity contribution in [3.05, 3.63) is 29.8 Å². The Kier molecular flexibility index (Phi) is 10.5. The first kappa shape index (κ1) is 30.2. The highest BCUT2D eigenvalue weighted by Crippen LogP contribution is 2.29. The number of rotatable bonds is 11. The molecule has 3 rings (SSSR count). The summed E-state index contributed by atoms with van der Waals surface area (Å²) >= 11 is 0. The van der Waals surface area contributed by atoms with Crippen LogP contribution in [0.5, 0.6) is 11.5 Å². The lowest BCUT2D eigenvalue weighted by molar-refractivity contribution is -0.317. The fraction of sp³-hybridized carbons (Fsp3) is 0.640. The molecule has 13 nitrogen and oxygen atoms in total. The van der Waals surface area contributed by atoms with Crippen molar-refractivity contribution in [2.24, 2.45) is 0 Å². The SMILES string of the molecule is CCC[C@H](C)O[C@@H]1O[C@H](CO[C@@H]2OC[C@](O)(COC(=O)/C=C/c3ccc(O)c(O)c3)[C@H]2O)[C@H](O)[C@H](O)[C@H]1O. The van der Waals surface area contributed by atoms with E-state index in [2.05, 4.69) is 0 Å².